The van der Waals surface area contributed by atoms with E-state index in [1.54, 1.807) is 6.20 Å². The fourth-order valence-electron chi connectivity index (χ4n) is 1.92. The van der Waals surface area contributed by atoms with Crippen LogP contribution in [0.15, 0.2) is 18.3 Å². The van der Waals surface area contributed by atoms with Crippen LogP contribution in [0.2, 0.25) is 0 Å². The van der Waals surface area contributed by atoms with Crippen molar-refractivity contribution in [2.45, 2.75) is 26.0 Å². The first-order valence-corrected chi connectivity index (χ1v) is 6.25. The topological polar surface area (TPSA) is 63.2 Å². The maximum absolute atomic E-state index is 11.7. The largest absolute Gasteiger partial charge is 0.375 e. The zero-order chi connectivity index (χ0) is 12.8. The number of aromatic nitrogens is 1. The number of morpholine rings is 1. The summed E-state index contributed by atoms with van der Waals surface area (Å²) in [5.41, 5.74) is 2.00. The van der Waals surface area contributed by atoms with E-state index in [1.807, 2.05) is 19.1 Å². The highest BCUT2D eigenvalue weighted by Gasteiger charge is 2.17. The number of hydrogen-bond acceptors (Lipinski definition) is 4. The SMILES string of the molecule is Cc1cccnc1CNC(=O)CC1CNCCO1.Cl.Cl. The molecule has 2 heterocycles. The van der Waals surface area contributed by atoms with Crippen LogP contribution in [0.25, 0.3) is 0 Å². The van der Waals surface area contributed by atoms with Crippen LogP contribution in [0.3, 0.4) is 0 Å². The number of hydrogen-bond donors (Lipinski definition) is 2. The lowest BCUT2D eigenvalue weighted by atomic mass is 10.2. The highest BCUT2D eigenvalue weighted by Crippen LogP contribution is 2.04. The summed E-state index contributed by atoms with van der Waals surface area (Å²) in [5.74, 6) is 0.00810. The molecule has 1 unspecified atom stereocenters. The summed E-state index contributed by atoms with van der Waals surface area (Å²) >= 11 is 0. The molecule has 1 aromatic rings. The first kappa shape index (κ1) is 19.1. The van der Waals surface area contributed by atoms with Crippen LogP contribution in [0.5, 0.6) is 0 Å². The molecular weight excluding hydrogens is 301 g/mol. The number of pyridine rings is 1. The van der Waals surface area contributed by atoms with Crippen LogP contribution in [-0.4, -0.2) is 36.7 Å². The Balaban J connectivity index is 0.00000180. The molecule has 1 atom stereocenters. The number of rotatable bonds is 4. The van der Waals surface area contributed by atoms with Gasteiger partial charge in [0.25, 0.3) is 0 Å². The van der Waals surface area contributed by atoms with Crippen LogP contribution in [0.4, 0.5) is 0 Å². The number of amides is 1. The van der Waals surface area contributed by atoms with Crippen LogP contribution in [0.1, 0.15) is 17.7 Å². The zero-order valence-corrected chi connectivity index (χ0v) is 13.1. The molecule has 1 aromatic heterocycles. The van der Waals surface area contributed by atoms with Crippen LogP contribution in [-0.2, 0) is 16.1 Å². The summed E-state index contributed by atoms with van der Waals surface area (Å²) in [6.07, 6.45) is 2.13. The first-order chi connectivity index (χ1) is 8.75. The van der Waals surface area contributed by atoms with Crippen LogP contribution >= 0.6 is 24.8 Å². The molecule has 1 fully saturated rings. The minimum absolute atomic E-state index is 0. The van der Waals surface area contributed by atoms with E-state index in [-0.39, 0.29) is 36.8 Å². The number of ether oxygens (including phenoxy) is 1. The molecule has 5 nitrogen and oxygen atoms in total. The van der Waals surface area contributed by atoms with Gasteiger partial charge in [0.05, 0.1) is 31.4 Å². The third kappa shape index (κ3) is 6.05. The number of nitrogens with one attached hydrogen (secondary N) is 2. The Kier molecular flexibility index (Phi) is 9.50. The summed E-state index contributed by atoms with van der Waals surface area (Å²) in [7, 11) is 0. The molecule has 0 radical (unpaired) electrons. The van der Waals surface area contributed by atoms with Crippen molar-refractivity contribution in [3.8, 4) is 0 Å². The van der Waals surface area contributed by atoms with E-state index >= 15 is 0 Å². The molecule has 114 valence electrons. The molecule has 0 aromatic carbocycles. The molecule has 2 N–H and O–H groups in total. The van der Waals surface area contributed by atoms with E-state index in [0.29, 0.717) is 19.6 Å². The van der Waals surface area contributed by atoms with Crippen molar-refractivity contribution in [3.05, 3.63) is 29.6 Å². The second-order valence-corrected chi connectivity index (χ2v) is 4.44. The average Bonchev–Trinajstić information content (AvgIpc) is 2.39. The van der Waals surface area contributed by atoms with Crippen molar-refractivity contribution >= 4 is 30.7 Å². The minimum Gasteiger partial charge on any atom is -0.375 e. The van der Waals surface area contributed by atoms with Gasteiger partial charge in [-0.15, -0.1) is 24.8 Å². The zero-order valence-electron chi connectivity index (χ0n) is 11.4. The van der Waals surface area contributed by atoms with E-state index in [4.69, 9.17) is 4.74 Å². The lowest BCUT2D eigenvalue weighted by Crippen LogP contribution is -2.41. The van der Waals surface area contributed by atoms with E-state index in [1.165, 1.54) is 0 Å². The molecule has 1 aliphatic heterocycles. The number of carbonyl (C=O) groups is 1. The van der Waals surface area contributed by atoms with Crippen LogP contribution < -0.4 is 10.6 Å². The summed E-state index contributed by atoms with van der Waals surface area (Å²) in [6, 6.07) is 3.88. The monoisotopic (exact) mass is 321 g/mol. The lowest BCUT2D eigenvalue weighted by Gasteiger charge is -2.23. The van der Waals surface area contributed by atoms with E-state index in [0.717, 1.165) is 24.3 Å². The maximum Gasteiger partial charge on any atom is 0.222 e. The summed E-state index contributed by atoms with van der Waals surface area (Å²) in [4.78, 5) is 16.0. The molecular formula is C13H21Cl2N3O2. The Hall–Kier alpha value is -0.880. The second-order valence-electron chi connectivity index (χ2n) is 4.44. The molecule has 0 saturated carbocycles. The van der Waals surface area contributed by atoms with Gasteiger partial charge in [0.2, 0.25) is 5.91 Å². The molecule has 2 rings (SSSR count). The van der Waals surface area contributed by atoms with E-state index in [2.05, 4.69) is 15.6 Å². The number of halogens is 2. The van der Waals surface area contributed by atoms with Crippen molar-refractivity contribution in [1.82, 2.24) is 15.6 Å². The molecule has 1 aliphatic rings. The summed E-state index contributed by atoms with van der Waals surface area (Å²) < 4.78 is 5.49. The molecule has 7 heteroatoms. The summed E-state index contributed by atoms with van der Waals surface area (Å²) in [5, 5.41) is 6.08. The van der Waals surface area contributed by atoms with E-state index < -0.39 is 0 Å². The van der Waals surface area contributed by atoms with Gasteiger partial charge in [0.1, 0.15) is 0 Å². The van der Waals surface area contributed by atoms with E-state index in [9.17, 15) is 4.79 Å². The van der Waals surface area contributed by atoms with Gasteiger partial charge in [-0.2, -0.15) is 0 Å². The minimum atomic E-state index is -0.0106. The molecule has 0 spiro atoms. The number of carbonyl (C=O) groups excluding carboxylic acids is 1. The van der Waals surface area contributed by atoms with Crippen molar-refractivity contribution in [2.24, 2.45) is 0 Å². The Morgan fingerprint density at radius 3 is 3.00 bits per heavy atom. The fourth-order valence-corrected chi connectivity index (χ4v) is 1.92. The third-order valence-corrected chi connectivity index (χ3v) is 2.99. The fraction of sp³-hybridized carbons (Fsp3) is 0.538. The third-order valence-electron chi connectivity index (χ3n) is 2.99. The Bertz CT molecular complexity index is 412. The highest BCUT2D eigenvalue weighted by molar-refractivity contribution is 5.85. The normalized spacial score (nSPS) is 17.6. The van der Waals surface area contributed by atoms with Crippen molar-refractivity contribution in [2.75, 3.05) is 19.7 Å². The van der Waals surface area contributed by atoms with Crippen molar-refractivity contribution < 1.29 is 9.53 Å². The average molecular weight is 322 g/mol. The maximum atomic E-state index is 11.7. The Morgan fingerprint density at radius 1 is 1.55 bits per heavy atom. The Morgan fingerprint density at radius 2 is 2.35 bits per heavy atom. The molecule has 1 amide bonds. The van der Waals surface area contributed by atoms with Gasteiger partial charge in [-0.25, -0.2) is 0 Å². The summed E-state index contributed by atoms with van der Waals surface area (Å²) in [6.45, 7) is 4.76. The second kappa shape index (κ2) is 9.94. The molecule has 0 aliphatic carbocycles. The molecule has 0 bridgehead atoms. The van der Waals surface area contributed by atoms with Gasteiger partial charge >= 0.3 is 0 Å². The van der Waals surface area contributed by atoms with Gasteiger partial charge in [-0.1, -0.05) is 6.07 Å². The predicted molar refractivity (Wildman–Crippen MR) is 82.5 cm³/mol. The standard InChI is InChI=1S/C13H19N3O2.2ClH/c1-10-3-2-4-15-12(10)9-16-13(17)7-11-8-14-5-6-18-11;;/h2-4,11,14H,5-9H2,1H3,(H,16,17);2*1H. The quantitative estimate of drug-likeness (QED) is 0.875. The first-order valence-electron chi connectivity index (χ1n) is 6.25. The smallest absolute Gasteiger partial charge is 0.222 e. The molecule has 20 heavy (non-hydrogen) atoms. The highest BCUT2D eigenvalue weighted by atomic mass is 35.5. The Labute approximate surface area is 131 Å². The predicted octanol–water partition coefficient (Wildman–Crippen LogP) is 1.23. The van der Waals surface area contributed by atoms with Crippen molar-refractivity contribution in [3.63, 3.8) is 0 Å². The van der Waals surface area contributed by atoms with Crippen molar-refractivity contribution in [1.29, 1.82) is 0 Å². The van der Waals surface area contributed by atoms with Gasteiger partial charge in [-0.3, -0.25) is 9.78 Å². The van der Waals surface area contributed by atoms with Gasteiger partial charge in [0, 0.05) is 19.3 Å². The van der Waals surface area contributed by atoms with Gasteiger partial charge in [0.15, 0.2) is 0 Å². The van der Waals surface area contributed by atoms with Crippen LogP contribution in [0, 0.1) is 6.92 Å². The number of aryl methyl sites for hydroxylation is 1. The van der Waals surface area contributed by atoms with Gasteiger partial charge < -0.3 is 15.4 Å². The molecule has 1 saturated heterocycles. The number of nitrogens with zero attached hydrogens (tertiary/aromatic N) is 1. The van der Waals surface area contributed by atoms with Gasteiger partial charge in [-0.05, 0) is 18.6 Å². The lowest BCUT2D eigenvalue weighted by molar-refractivity contribution is -0.124.